The van der Waals surface area contributed by atoms with Gasteiger partial charge in [0, 0.05) is 24.8 Å². The highest BCUT2D eigenvalue weighted by atomic mass is 32.1. The Morgan fingerprint density at radius 2 is 2.20 bits per heavy atom. The largest absolute Gasteiger partial charge is 0.399 e. The van der Waals surface area contributed by atoms with Crippen LogP contribution in [0.15, 0.2) is 18.2 Å². The molecule has 0 amide bonds. The Bertz CT molecular complexity index is 748. The molecule has 7 heteroatoms. The summed E-state index contributed by atoms with van der Waals surface area (Å²) in [5, 5.41) is 13.8. The summed E-state index contributed by atoms with van der Waals surface area (Å²) < 4.78 is 6.85. The standard InChI is InChI=1S/C13H15N5OS/c1-8-7-9(3-4-10(8)14)12-17-18-11(5-6-19-2)15-16-13(18)20-12/h3-4,7H,5-6,14H2,1-2H3. The number of hydrogen-bond acceptors (Lipinski definition) is 6. The predicted octanol–water partition coefficient (Wildman–Crippen LogP) is 1.93. The topological polar surface area (TPSA) is 78.3 Å². The number of nitrogen functional groups attached to an aromatic ring is 1. The second kappa shape index (κ2) is 5.18. The molecular formula is C13H15N5OS. The predicted molar refractivity (Wildman–Crippen MR) is 78.8 cm³/mol. The second-order valence-corrected chi connectivity index (χ2v) is 5.49. The fraction of sp³-hybridized carbons (Fsp3) is 0.308. The Morgan fingerprint density at radius 3 is 2.95 bits per heavy atom. The monoisotopic (exact) mass is 289 g/mol. The van der Waals surface area contributed by atoms with Crippen LogP contribution >= 0.6 is 11.3 Å². The van der Waals surface area contributed by atoms with Crippen LogP contribution in [0.25, 0.3) is 15.5 Å². The summed E-state index contributed by atoms with van der Waals surface area (Å²) in [6, 6.07) is 5.91. The van der Waals surface area contributed by atoms with E-state index in [0.717, 1.165) is 32.6 Å². The molecule has 2 N–H and O–H groups in total. The number of ether oxygens (including phenoxy) is 1. The molecule has 0 bridgehead atoms. The number of aromatic nitrogens is 4. The van der Waals surface area contributed by atoms with Gasteiger partial charge in [-0.2, -0.15) is 9.61 Å². The number of anilines is 1. The lowest BCUT2D eigenvalue weighted by Crippen LogP contribution is -2.01. The average molecular weight is 289 g/mol. The Balaban J connectivity index is 2.00. The number of hydrogen-bond donors (Lipinski definition) is 1. The van der Waals surface area contributed by atoms with E-state index in [1.165, 1.54) is 11.3 Å². The highest BCUT2D eigenvalue weighted by Gasteiger charge is 2.13. The van der Waals surface area contributed by atoms with Crippen LogP contribution in [0.1, 0.15) is 11.4 Å². The zero-order valence-corrected chi connectivity index (χ0v) is 12.1. The van der Waals surface area contributed by atoms with Gasteiger partial charge in [0.15, 0.2) is 5.82 Å². The molecule has 0 fully saturated rings. The van der Waals surface area contributed by atoms with E-state index in [0.29, 0.717) is 13.0 Å². The van der Waals surface area contributed by atoms with Crippen molar-refractivity contribution in [2.75, 3.05) is 19.5 Å². The van der Waals surface area contributed by atoms with Crippen molar-refractivity contribution < 1.29 is 4.74 Å². The maximum absolute atomic E-state index is 5.84. The molecule has 3 aromatic rings. The first kappa shape index (κ1) is 13.0. The van der Waals surface area contributed by atoms with Crippen LogP contribution in [0.2, 0.25) is 0 Å². The van der Waals surface area contributed by atoms with Gasteiger partial charge in [-0.1, -0.05) is 11.3 Å². The van der Waals surface area contributed by atoms with Crippen molar-refractivity contribution in [3.63, 3.8) is 0 Å². The van der Waals surface area contributed by atoms with Crippen LogP contribution in [-0.4, -0.2) is 33.5 Å². The van der Waals surface area contributed by atoms with Crippen LogP contribution < -0.4 is 5.73 Å². The number of nitrogens with two attached hydrogens (primary N) is 1. The van der Waals surface area contributed by atoms with E-state index in [1.807, 2.05) is 25.1 Å². The summed E-state index contributed by atoms with van der Waals surface area (Å²) in [5.41, 5.74) is 8.73. The van der Waals surface area contributed by atoms with Crippen LogP contribution in [0, 0.1) is 6.92 Å². The van der Waals surface area contributed by atoms with Gasteiger partial charge in [0.2, 0.25) is 4.96 Å². The maximum atomic E-state index is 5.84. The summed E-state index contributed by atoms with van der Waals surface area (Å²) in [7, 11) is 1.67. The maximum Gasteiger partial charge on any atom is 0.234 e. The molecule has 2 aromatic heterocycles. The molecule has 0 atom stereocenters. The summed E-state index contributed by atoms with van der Waals surface area (Å²) in [6.45, 7) is 2.59. The third-order valence-electron chi connectivity index (χ3n) is 3.10. The van der Waals surface area contributed by atoms with E-state index in [4.69, 9.17) is 10.5 Å². The number of rotatable bonds is 4. The molecule has 0 unspecified atom stereocenters. The SMILES string of the molecule is COCCc1nnc2sc(-c3ccc(N)c(C)c3)nn12. The smallest absolute Gasteiger partial charge is 0.234 e. The number of benzene rings is 1. The zero-order valence-electron chi connectivity index (χ0n) is 11.3. The molecule has 6 nitrogen and oxygen atoms in total. The van der Waals surface area contributed by atoms with E-state index in [2.05, 4.69) is 15.3 Å². The molecule has 3 rings (SSSR count). The van der Waals surface area contributed by atoms with Gasteiger partial charge in [0.25, 0.3) is 0 Å². The van der Waals surface area contributed by atoms with Gasteiger partial charge < -0.3 is 10.5 Å². The molecule has 0 aliphatic heterocycles. The minimum Gasteiger partial charge on any atom is -0.399 e. The molecule has 0 radical (unpaired) electrons. The molecule has 0 saturated heterocycles. The quantitative estimate of drug-likeness (QED) is 0.742. The van der Waals surface area contributed by atoms with Crippen molar-refractivity contribution in [1.82, 2.24) is 19.8 Å². The number of nitrogens with zero attached hydrogens (tertiary/aromatic N) is 4. The Labute approximate surface area is 120 Å². The summed E-state index contributed by atoms with van der Waals surface area (Å²) in [6.07, 6.45) is 0.696. The molecule has 0 aliphatic rings. The van der Waals surface area contributed by atoms with Crippen LogP contribution in [0.4, 0.5) is 5.69 Å². The normalized spacial score (nSPS) is 11.3. The Morgan fingerprint density at radius 1 is 1.35 bits per heavy atom. The van der Waals surface area contributed by atoms with Crippen molar-refractivity contribution in [2.24, 2.45) is 0 Å². The summed E-state index contributed by atoms with van der Waals surface area (Å²) in [5.74, 6) is 0.816. The van der Waals surface area contributed by atoms with Gasteiger partial charge in [0.05, 0.1) is 6.61 Å². The molecule has 1 aromatic carbocycles. The van der Waals surface area contributed by atoms with Crippen LogP contribution in [0.3, 0.4) is 0 Å². The first-order chi connectivity index (χ1) is 9.69. The highest BCUT2D eigenvalue weighted by molar-refractivity contribution is 7.19. The molecule has 20 heavy (non-hydrogen) atoms. The fourth-order valence-corrected chi connectivity index (χ4v) is 2.79. The van der Waals surface area contributed by atoms with Gasteiger partial charge in [-0.05, 0) is 30.7 Å². The first-order valence-corrected chi connectivity index (χ1v) is 7.07. The second-order valence-electron chi connectivity index (χ2n) is 4.53. The van der Waals surface area contributed by atoms with Crippen LogP contribution in [0.5, 0.6) is 0 Å². The minimum absolute atomic E-state index is 0.606. The lowest BCUT2D eigenvalue weighted by Gasteiger charge is -2.01. The van der Waals surface area contributed by atoms with Crippen molar-refractivity contribution in [3.05, 3.63) is 29.6 Å². The van der Waals surface area contributed by atoms with Crippen LogP contribution in [-0.2, 0) is 11.2 Å². The van der Waals surface area contributed by atoms with E-state index in [9.17, 15) is 0 Å². The molecule has 0 saturated carbocycles. The lowest BCUT2D eigenvalue weighted by molar-refractivity contribution is 0.200. The molecule has 0 aliphatic carbocycles. The van der Waals surface area contributed by atoms with E-state index in [1.54, 1.807) is 11.6 Å². The third kappa shape index (κ3) is 2.25. The Kier molecular flexibility index (Phi) is 3.37. The molecule has 104 valence electrons. The summed E-state index contributed by atoms with van der Waals surface area (Å²) in [4.78, 5) is 0.792. The molecule has 0 spiro atoms. The van der Waals surface area contributed by atoms with Gasteiger partial charge >= 0.3 is 0 Å². The Hall–Kier alpha value is -1.99. The van der Waals surface area contributed by atoms with Gasteiger partial charge in [0.1, 0.15) is 5.01 Å². The van der Waals surface area contributed by atoms with Gasteiger partial charge in [-0.15, -0.1) is 10.2 Å². The fourth-order valence-electron chi connectivity index (χ4n) is 1.93. The van der Waals surface area contributed by atoms with E-state index >= 15 is 0 Å². The lowest BCUT2D eigenvalue weighted by atomic mass is 10.1. The van der Waals surface area contributed by atoms with Gasteiger partial charge in [-0.25, -0.2) is 0 Å². The molecular weight excluding hydrogens is 274 g/mol. The van der Waals surface area contributed by atoms with Crippen molar-refractivity contribution in [1.29, 1.82) is 0 Å². The highest BCUT2D eigenvalue weighted by Crippen LogP contribution is 2.27. The van der Waals surface area contributed by atoms with Gasteiger partial charge in [-0.3, -0.25) is 0 Å². The first-order valence-electron chi connectivity index (χ1n) is 6.25. The number of fused-ring (bicyclic) bond motifs is 1. The average Bonchev–Trinajstić information content (AvgIpc) is 3.00. The summed E-state index contributed by atoms with van der Waals surface area (Å²) >= 11 is 1.52. The minimum atomic E-state index is 0.606. The van der Waals surface area contributed by atoms with Crippen molar-refractivity contribution in [3.8, 4) is 10.6 Å². The van der Waals surface area contributed by atoms with Crippen molar-refractivity contribution >= 4 is 22.0 Å². The third-order valence-corrected chi connectivity index (χ3v) is 4.05. The van der Waals surface area contributed by atoms with E-state index < -0.39 is 0 Å². The zero-order chi connectivity index (χ0) is 14.1. The van der Waals surface area contributed by atoms with E-state index in [-0.39, 0.29) is 0 Å². The number of methoxy groups -OCH3 is 1. The van der Waals surface area contributed by atoms with Crippen molar-refractivity contribution in [2.45, 2.75) is 13.3 Å². The number of aryl methyl sites for hydroxylation is 1. The molecule has 2 heterocycles.